The second-order valence-corrected chi connectivity index (χ2v) is 6.69. The fourth-order valence-corrected chi connectivity index (χ4v) is 3.21. The molecule has 1 fully saturated rings. The van der Waals surface area contributed by atoms with Crippen LogP contribution in [0.5, 0.6) is 0 Å². The van der Waals surface area contributed by atoms with Crippen molar-refractivity contribution < 1.29 is 0 Å². The molecule has 19 heavy (non-hydrogen) atoms. The summed E-state index contributed by atoms with van der Waals surface area (Å²) in [7, 11) is 2.22. The van der Waals surface area contributed by atoms with Crippen molar-refractivity contribution in [3.8, 4) is 0 Å². The number of rotatable bonds is 5. The van der Waals surface area contributed by atoms with Gasteiger partial charge >= 0.3 is 0 Å². The van der Waals surface area contributed by atoms with Crippen LogP contribution in [0.2, 0.25) is 0 Å². The van der Waals surface area contributed by atoms with E-state index in [2.05, 4.69) is 64.4 Å². The molecule has 0 radical (unpaired) electrons. The average Bonchev–Trinajstić information content (AvgIpc) is 2.41. The molecule has 0 spiro atoms. The van der Waals surface area contributed by atoms with Crippen LogP contribution in [0.4, 0.5) is 0 Å². The summed E-state index contributed by atoms with van der Waals surface area (Å²) in [5.74, 6) is 0.923. The Labute approximate surface area is 125 Å². The standard InChI is InChI=1S/C16H25BrN2/c1-3-13-8-9-18-16(10-13)12-19(2)11-14-4-6-15(17)7-5-14/h4-7,13,16,18H,3,8-12H2,1-2H3. The number of halogens is 1. The van der Waals surface area contributed by atoms with Crippen LogP contribution in [0.1, 0.15) is 31.7 Å². The Bertz CT molecular complexity index is 377. The highest BCUT2D eigenvalue weighted by molar-refractivity contribution is 9.10. The first-order valence-corrected chi connectivity index (χ1v) is 8.13. The molecular weight excluding hydrogens is 300 g/mol. The summed E-state index contributed by atoms with van der Waals surface area (Å²) in [5.41, 5.74) is 1.38. The molecule has 1 N–H and O–H groups in total. The monoisotopic (exact) mass is 324 g/mol. The molecule has 1 aliphatic rings. The summed E-state index contributed by atoms with van der Waals surface area (Å²) < 4.78 is 1.15. The Hall–Kier alpha value is -0.380. The molecule has 3 heteroatoms. The molecular formula is C16H25BrN2. The van der Waals surface area contributed by atoms with E-state index in [4.69, 9.17) is 0 Å². The average molecular weight is 325 g/mol. The summed E-state index contributed by atoms with van der Waals surface area (Å²) in [6.45, 7) is 5.68. The van der Waals surface area contributed by atoms with Crippen LogP contribution in [0.15, 0.2) is 28.7 Å². The lowest BCUT2D eigenvalue weighted by molar-refractivity contribution is 0.220. The van der Waals surface area contributed by atoms with Crippen LogP contribution in [-0.4, -0.2) is 31.1 Å². The predicted octanol–water partition coefficient (Wildman–Crippen LogP) is 3.66. The molecule has 1 aromatic rings. The van der Waals surface area contributed by atoms with E-state index in [1.165, 1.54) is 31.4 Å². The number of hydrogen-bond acceptors (Lipinski definition) is 2. The van der Waals surface area contributed by atoms with Gasteiger partial charge in [0.15, 0.2) is 0 Å². The van der Waals surface area contributed by atoms with Gasteiger partial charge in [0.1, 0.15) is 0 Å². The van der Waals surface area contributed by atoms with Crippen molar-refractivity contribution in [1.82, 2.24) is 10.2 Å². The van der Waals surface area contributed by atoms with Gasteiger partial charge in [-0.15, -0.1) is 0 Å². The highest BCUT2D eigenvalue weighted by Crippen LogP contribution is 2.20. The minimum atomic E-state index is 0.666. The van der Waals surface area contributed by atoms with Gasteiger partial charge in [-0.1, -0.05) is 41.4 Å². The van der Waals surface area contributed by atoms with E-state index in [0.29, 0.717) is 6.04 Å². The zero-order chi connectivity index (χ0) is 13.7. The Morgan fingerprint density at radius 2 is 2.05 bits per heavy atom. The van der Waals surface area contributed by atoms with Gasteiger partial charge in [0.05, 0.1) is 0 Å². The van der Waals surface area contributed by atoms with Crippen LogP contribution in [0.3, 0.4) is 0 Å². The van der Waals surface area contributed by atoms with Gasteiger partial charge in [-0.05, 0) is 50.0 Å². The molecule has 2 nitrogen and oxygen atoms in total. The maximum absolute atomic E-state index is 3.66. The molecule has 1 aromatic carbocycles. The number of piperidine rings is 1. The van der Waals surface area contributed by atoms with Crippen molar-refractivity contribution in [3.63, 3.8) is 0 Å². The number of nitrogens with one attached hydrogen (secondary N) is 1. The maximum atomic E-state index is 3.66. The lowest BCUT2D eigenvalue weighted by Crippen LogP contribution is -2.44. The van der Waals surface area contributed by atoms with Crippen molar-refractivity contribution in [2.45, 2.75) is 38.8 Å². The second-order valence-electron chi connectivity index (χ2n) is 5.77. The van der Waals surface area contributed by atoms with Gasteiger partial charge < -0.3 is 10.2 Å². The third-order valence-corrected chi connectivity index (χ3v) is 4.61. The summed E-state index contributed by atoms with van der Waals surface area (Å²) in [5, 5.41) is 3.66. The first-order chi connectivity index (χ1) is 9.17. The van der Waals surface area contributed by atoms with Crippen molar-refractivity contribution >= 4 is 15.9 Å². The second kappa shape index (κ2) is 7.41. The van der Waals surface area contributed by atoms with Crippen molar-refractivity contribution in [2.24, 2.45) is 5.92 Å². The minimum absolute atomic E-state index is 0.666. The minimum Gasteiger partial charge on any atom is -0.313 e. The zero-order valence-electron chi connectivity index (χ0n) is 12.0. The smallest absolute Gasteiger partial charge is 0.0231 e. The van der Waals surface area contributed by atoms with Gasteiger partial charge in [0, 0.05) is 23.6 Å². The number of benzene rings is 1. The van der Waals surface area contributed by atoms with E-state index in [1.807, 2.05) is 0 Å². The fourth-order valence-electron chi connectivity index (χ4n) is 2.95. The molecule has 0 saturated carbocycles. The molecule has 1 heterocycles. The van der Waals surface area contributed by atoms with Crippen LogP contribution >= 0.6 is 15.9 Å². The summed E-state index contributed by atoms with van der Waals surface area (Å²) in [4.78, 5) is 2.43. The Balaban J connectivity index is 1.80. The third-order valence-electron chi connectivity index (χ3n) is 4.08. The van der Waals surface area contributed by atoms with Crippen LogP contribution < -0.4 is 5.32 Å². The molecule has 0 aromatic heterocycles. The lowest BCUT2D eigenvalue weighted by atomic mass is 9.90. The summed E-state index contributed by atoms with van der Waals surface area (Å²) in [6, 6.07) is 9.30. The topological polar surface area (TPSA) is 15.3 Å². The highest BCUT2D eigenvalue weighted by atomic mass is 79.9. The quantitative estimate of drug-likeness (QED) is 0.889. The van der Waals surface area contributed by atoms with Gasteiger partial charge in [0.2, 0.25) is 0 Å². The van der Waals surface area contributed by atoms with Crippen molar-refractivity contribution in [3.05, 3.63) is 34.3 Å². The largest absolute Gasteiger partial charge is 0.313 e. The Morgan fingerprint density at radius 1 is 1.32 bits per heavy atom. The van der Waals surface area contributed by atoms with Gasteiger partial charge in [-0.2, -0.15) is 0 Å². The normalized spacial score (nSPS) is 23.8. The molecule has 0 amide bonds. The maximum Gasteiger partial charge on any atom is 0.0231 e. The van der Waals surface area contributed by atoms with E-state index >= 15 is 0 Å². The van der Waals surface area contributed by atoms with E-state index in [-0.39, 0.29) is 0 Å². The Morgan fingerprint density at radius 3 is 2.74 bits per heavy atom. The summed E-state index contributed by atoms with van der Waals surface area (Å²) >= 11 is 3.48. The van der Waals surface area contributed by atoms with Crippen molar-refractivity contribution in [2.75, 3.05) is 20.1 Å². The van der Waals surface area contributed by atoms with E-state index in [0.717, 1.165) is 23.5 Å². The molecule has 106 valence electrons. The zero-order valence-corrected chi connectivity index (χ0v) is 13.6. The highest BCUT2D eigenvalue weighted by Gasteiger charge is 2.21. The van der Waals surface area contributed by atoms with Crippen LogP contribution in [0.25, 0.3) is 0 Å². The molecule has 1 aliphatic heterocycles. The summed E-state index contributed by atoms with van der Waals surface area (Å²) in [6.07, 6.45) is 4.01. The predicted molar refractivity (Wildman–Crippen MR) is 85.3 cm³/mol. The molecule has 2 unspecified atom stereocenters. The molecule has 2 atom stereocenters. The fraction of sp³-hybridized carbons (Fsp3) is 0.625. The Kier molecular flexibility index (Phi) is 5.86. The molecule has 0 aliphatic carbocycles. The van der Waals surface area contributed by atoms with E-state index in [1.54, 1.807) is 0 Å². The van der Waals surface area contributed by atoms with E-state index in [9.17, 15) is 0 Å². The molecule has 0 bridgehead atoms. The molecule has 1 saturated heterocycles. The molecule has 2 rings (SSSR count). The number of hydrogen-bond donors (Lipinski definition) is 1. The van der Waals surface area contributed by atoms with Crippen molar-refractivity contribution in [1.29, 1.82) is 0 Å². The first-order valence-electron chi connectivity index (χ1n) is 7.33. The van der Waals surface area contributed by atoms with Gasteiger partial charge in [-0.3, -0.25) is 0 Å². The lowest BCUT2D eigenvalue weighted by Gasteiger charge is -2.32. The first kappa shape index (κ1) is 15.0. The van der Waals surface area contributed by atoms with Gasteiger partial charge in [-0.25, -0.2) is 0 Å². The van der Waals surface area contributed by atoms with Crippen LogP contribution in [-0.2, 0) is 6.54 Å². The van der Waals surface area contributed by atoms with Crippen LogP contribution in [0, 0.1) is 5.92 Å². The van der Waals surface area contributed by atoms with E-state index < -0.39 is 0 Å². The number of likely N-dealkylation sites (N-methyl/N-ethyl adjacent to an activating group) is 1. The number of nitrogens with zero attached hydrogens (tertiary/aromatic N) is 1. The SMILES string of the molecule is CCC1CCNC(CN(C)Cc2ccc(Br)cc2)C1. The van der Waals surface area contributed by atoms with Gasteiger partial charge in [0.25, 0.3) is 0 Å². The third kappa shape index (κ3) is 4.90.